The number of fused-ring (bicyclic) bond motifs is 2. The molecular weight excluding hydrogens is 495 g/mol. The van der Waals surface area contributed by atoms with Gasteiger partial charge in [-0.2, -0.15) is 0 Å². The minimum atomic E-state index is -0.345. The number of carbonyl (C=O) groups is 2. The summed E-state index contributed by atoms with van der Waals surface area (Å²) in [6.07, 6.45) is 2.76. The quantitative estimate of drug-likeness (QED) is 0.479. The van der Waals surface area contributed by atoms with Crippen LogP contribution in [-0.4, -0.2) is 30.1 Å². The average Bonchev–Trinajstić information content (AvgIpc) is 2.95. The van der Waals surface area contributed by atoms with E-state index in [1.165, 1.54) is 5.56 Å². The molecule has 3 aliphatic rings. The molecule has 0 aliphatic carbocycles. The first-order valence-electron chi connectivity index (χ1n) is 10.9. The number of benzene rings is 2. The third-order valence-corrected chi connectivity index (χ3v) is 7.01. The number of rotatable bonds is 1. The van der Waals surface area contributed by atoms with Gasteiger partial charge in [-0.05, 0) is 81.4 Å². The first-order valence-corrected chi connectivity index (χ1v) is 11.7. The molecule has 2 aromatic carbocycles. The van der Waals surface area contributed by atoms with Gasteiger partial charge in [0.05, 0.1) is 11.2 Å². The van der Waals surface area contributed by atoms with Crippen molar-refractivity contribution in [1.82, 2.24) is 0 Å². The minimum Gasteiger partial charge on any atom is -0.399 e. The maximum atomic E-state index is 11.4. The van der Waals surface area contributed by atoms with Gasteiger partial charge in [0.2, 0.25) is 11.8 Å². The Balaban J connectivity index is 0.000000252. The van der Waals surface area contributed by atoms with Gasteiger partial charge in [-0.3, -0.25) is 9.59 Å². The summed E-state index contributed by atoms with van der Waals surface area (Å²) in [5, 5.41) is 5.72. The highest BCUT2D eigenvalue weighted by Gasteiger charge is 2.51. The van der Waals surface area contributed by atoms with Crippen LogP contribution in [0.1, 0.15) is 66.5 Å². The lowest BCUT2D eigenvalue weighted by molar-refractivity contribution is -0.117. The largest absolute Gasteiger partial charge is 0.494 e. The molecule has 0 atom stereocenters. The molecule has 0 radical (unpaired) electrons. The summed E-state index contributed by atoms with van der Waals surface area (Å²) in [7, 11) is -0.345. The van der Waals surface area contributed by atoms with Crippen molar-refractivity contribution in [2.24, 2.45) is 0 Å². The molecule has 8 heteroatoms. The van der Waals surface area contributed by atoms with Crippen LogP contribution in [0.25, 0.3) is 0 Å². The lowest BCUT2D eigenvalue weighted by Crippen LogP contribution is -2.41. The highest BCUT2D eigenvalue weighted by Crippen LogP contribution is 2.36. The van der Waals surface area contributed by atoms with Crippen molar-refractivity contribution >= 4 is 51.7 Å². The van der Waals surface area contributed by atoms with Crippen molar-refractivity contribution in [3.05, 3.63) is 52.0 Å². The smallest absolute Gasteiger partial charge is 0.399 e. The van der Waals surface area contributed by atoms with Gasteiger partial charge in [-0.15, -0.1) is 0 Å². The molecule has 1 saturated heterocycles. The normalized spacial score (nSPS) is 19.1. The molecule has 1 fully saturated rings. The zero-order valence-electron chi connectivity index (χ0n) is 18.9. The number of amides is 2. The number of aryl methyl sites for hydroxylation is 2. The molecule has 2 aromatic rings. The fourth-order valence-electron chi connectivity index (χ4n) is 3.88. The minimum absolute atomic E-state index is 0. The summed E-state index contributed by atoms with van der Waals surface area (Å²) < 4.78 is 13.2. The third kappa shape index (κ3) is 5.91. The zero-order valence-corrected chi connectivity index (χ0v) is 20.5. The Bertz CT molecular complexity index is 1050. The van der Waals surface area contributed by atoms with Crippen LogP contribution < -0.4 is 16.1 Å². The van der Waals surface area contributed by atoms with Gasteiger partial charge >= 0.3 is 7.12 Å². The number of hydrogen-bond donors (Lipinski definition) is 2. The molecule has 0 unspecified atom stereocenters. The van der Waals surface area contributed by atoms with E-state index in [2.05, 4.69) is 38.7 Å². The Labute approximate surface area is 212 Å². The topological polar surface area (TPSA) is 76.7 Å². The second-order valence-electron chi connectivity index (χ2n) is 9.40. The van der Waals surface area contributed by atoms with E-state index in [1.807, 2.05) is 52.0 Å². The van der Waals surface area contributed by atoms with E-state index in [-0.39, 0.29) is 45.0 Å². The maximum Gasteiger partial charge on any atom is 0.494 e. The number of carbonyl (C=O) groups excluding carboxylic acids is 2. The number of nitrogens with one attached hydrogen (secondary N) is 2. The van der Waals surface area contributed by atoms with Crippen molar-refractivity contribution in [3.63, 3.8) is 0 Å². The second-order valence-corrected chi connectivity index (χ2v) is 10.3. The fourth-order valence-corrected chi connectivity index (χ4v) is 4.29. The van der Waals surface area contributed by atoms with Gasteiger partial charge in [0.15, 0.2) is 0 Å². The molecule has 0 bridgehead atoms. The molecule has 3 aliphatic heterocycles. The van der Waals surface area contributed by atoms with Crippen LogP contribution in [0.15, 0.2) is 40.9 Å². The Kier molecular flexibility index (Phi) is 8.78. The van der Waals surface area contributed by atoms with Crippen LogP contribution in [-0.2, 0) is 31.7 Å². The highest BCUT2D eigenvalue weighted by molar-refractivity contribution is 9.10. The van der Waals surface area contributed by atoms with Crippen LogP contribution in [0.3, 0.4) is 0 Å². The highest BCUT2D eigenvalue weighted by atomic mass is 79.9. The molecule has 2 N–H and O–H groups in total. The Hall–Kier alpha value is -2.16. The molecule has 5 rings (SSSR count). The predicted octanol–water partition coefficient (Wildman–Crippen LogP) is 5.48. The number of anilines is 2. The summed E-state index contributed by atoms with van der Waals surface area (Å²) in [4.78, 5) is 22.4. The van der Waals surface area contributed by atoms with E-state index < -0.39 is 0 Å². The Morgan fingerprint density at radius 2 is 1.24 bits per heavy atom. The van der Waals surface area contributed by atoms with E-state index >= 15 is 0 Å². The van der Waals surface area contributed by atoms with Gasteiger partial charge in [0.25, 0.3) is 0 Å². The van der Waals surface area contributed by atoms with Crippen LogP contribution in [0, 0.1) is 0 Å². The van der Waals surface area contributed by atoms with E-state index in [4.69, 9.17) is 9.31 Å². The summed E-state index contributed by atoms with van der Waals surface area (Å²) in [6, 6.07) is 11.9. The van der Waals surface area contributed by atoms with E-state index in [1.54, 1.807) is 0 Å². The molecule has 2 amide bonds. The third-order valence-electron chi connectivity index (χ3n) is 6.51. The fraction of sp³-hybridized carbons (Fsp3) is 0.462. The summed E-state index contributed by atoms with van der Waals surface area (Å²) in [6.45, 7) is 8.19. The van der Waals surface area contributed by atoms with Crippen LogP contribution in [0.2, 0.25) is 0 Å². The van der Waals surface area contributed by atoms with E-state index in [0.29, 0.717) is 12.8 Å². The van der Waals surface area contributed by atoms with Crippen molar-refractivity contribution < 1.29 is 18.9 Å². The van der Waals surface area contributed by atoms with Crippen LogP contribution in [0.5, 0.6) is 0 Å². The molecule has 34 heavy (non-hydrogen) atoms. The van der Waals surface area contributed by atoms with Crippen molar-refractivity contribution in [2.45, 2.75) is 79.4 Å². The Morgan fingerprint density at radius 1 is 0.765 bits per heavy atom. The summed E-state index contributed by atoms with van der Waals surface area (Å²) in [5.74, 6) is 0.200. The molecule has 0 saturated carbocycles. The van der Waals surface area contributed by atoms with Gasteiger partial charge < -0.3 is 19.9 Å². The first-order chi connectivity index (χ1) is 15.0. The molecular formula is C26H36BBrN2O4. The molecule has 6 nitrogen and oxygen atoms in total. The van der Waals surface area contributed by atoms with Crippen molar-refractivity contribution in [1.29, 1.82) is 0 Å². The lowest BCUT2D eigenvalue weighted by atomic mass is 9.77. The zero-order chi connectivity index (χ0) is 23.1. The maximum absolute atomic E-state index is 11.4. The van der Waals surface area contributed by atoms with Gasteiger partial charge in [0, 0.05) is 28.7 Å². The lowest BCUT2D eigenvalue weighted by Gasteiger charge is -2.32. The van der Waals surface area contributed by atoms with E-state index in [9.17, 15) is 9.59 Å². The van der Waals surface area contributed by atoms with Crippen molar-refractivity contribution in [3.8, 4) is 0 Å². The standard InChI is InChI=1S/C15H20BNO3.C9H8BrNO.2CH4/c1-14(2)15(3,4)20-16(19-14)11-6-7-12-10(9-11)5-8-13(18)17-12;10-7-2-3-8-6(5-7)1-4-9(12)11-8;;/h6-7,9H,5,8H2,1-4H3,(H,17,18);2-3,5H,1,4H2,(H,11,12);2*1H4. The van der Waals surface area contributed by atoms with Gasteiger partial charge in [0.1, 0.15) is 0 Å². The molecule has 184 valence electrons. The Morgan fingerprint density at radius 3 is 1.76 bits per heavy atom. The van der Waals surface area contributed by atoms with Gasteiger partial charge in [-0.1, -0.05) is 42.9 Å². The van der Waals surface area contributed by atoms with E-state index in [0.717, 1.165) is 39.7 Å². The number of halogens is 1. The number of hydrogen-bond acceptors (Lipinski definition) is 4. The monoisotopic (exact) mass is 530 g/mol. The SMILES string of the molecule is C.C.CC1(C)OB(c2ccc3c(c2)CCC(=O)N3)OC1(C)C.O=C1CCc2cc(Br)ccc2N1. The average molecular weight is 531 g/mol. The van der Waals surface area contributed by atoms with Crippen LogP contribution in [0.4, 0.5) is 11.4 Å². The first kappa shape index (κ1) is 28.1. The molecule has 0 aromatic heterocycles. The predicted molar refractivity (Wildman–Crippen MR) is 144 cm³/mol. The summed E-state index contributed by atoms with van der Waals surface area (Å²) >= 11 is 3.39. The summed E-state index contributed by atoms with van der Waals surface area (Å²) in [5.41, 5.74) is 4.57. The molecule has 0 spiro atoms. The van der Waals surface area contributed by atoms with Crippen molar-refractivity contribution in [2.75, 3.05) is 10.6 Å². The van der Waals surface area contributed by atoms with Gasteiger partial charge in [-0.25, -0.2) is 0 Å². The molecule has 3 heterocycles. The van der Waals surface area contributed by atoms with Crippen LogP contribution >= 0.6 is 15.9 Å². The second kappa shape index (κ2) is 10.6.